The number of methoxy groups -OCH3 is 1. The molecule has 4 aromatic rings. The highest BCUT2D eigenvalue weighted by atomic mass is 16.5. The van der Waals surface area contributed by atoms with E-state index in [0.29, 0.717) is 35.8 Å². The maximum Gasteiger partial charge on any atom is 0.262 e. The number of fused-ring (bicyclic) bond motifs is 1. The van der Waals surface area contributed by atoms with Gasteiger partial charge in [0.25, 0.3) is 11.8 Å². The first-order valence-electron chi connectivity index (χ1n) is 14.3. The number of hydrazone groups is 1. The minimum atomic E-state index is -0.759. The van der Waals surface area contributed by atoms with Gasteiger partial charge in [0.2, 0.25) is 0 Å². The molecule has 0 fully saturated rings. The molecule has 2 amide bonds. The fourth-order valence-electron chi connectivity index (χ4n) is 4.81. The first kappa shape index (κ1) is 31.1. The van der Waals surface area contributed by atoms with Gasteiger partial charge in [0.1, 0.15) is 18.4 Å². The normalized spacial score (nSPS) is 11.9. The topological polar surface area (TPSA) is 98.2 Å². The molecule has 224 valence electrons. The number of nitrogens with one attached hydrogen (secondary N) is 2. The fraction of sp³-hybridized carbons (Fsp3) is 0.286. The average molecular weight is 582 g/mol. The Hall–Kier alpha value is -4.85. The molecule has 0 aromatic heterocycles. The second-order valence-electron chi connectivity index (χ2n) is 10.8. The maximum absolute atomic E-state index is 13.0. The quantitative estimate of drug-likeness (QED) is 0.147. The van der Waals surface area contributed by atoms with Crippen LogP contribution >= 0.6 is 0 Å². The number of hydrogen-bond acceptors (Lipinski definition) is 6. The third-order valence-electron chi connectivity index (χ3n) is 6.95. The number of carbonyl (C=O) groups excluding carboxylic acids is 2. The molecule has 2 N–H and O–H groups in total. The minimum absolute atomic E-state index is 0.172. The highest BCUT2D eigenvalue weighted by Gasteiger charge is 2.22. The van der Waals surface area contributed by atoms with Crippen LogP contribution in [-0.2, 0) is 16.2 Å². The van der Waals surface area contributed by atoms with Gasteiger partial charge in [-0.05, 0) is 77.4 Å². The number of amides is 2. The first-order chi connectivity index (χ1) is 20.7. The van der Waals surface area contributed by atoms with E-state index in [-0.39, 0.29) is 18.4 Å². The molecular weight excluding hydrogens is 542 g/mol. The molecule has 0 unspecified atom stereocenters. The summed E-state index contributed by atoms with van der Waals surface area (Å²) < 4.78 is 17.4. The zero-order valence-corrected chi connectivity index (χ0v) is 25.3. The fourth-order valence-corrected chi connectivity index (χ4v) is 4.81. The van der Waals surface area contributed by atoms with Gasteiger partial charge in [0.05, 0.1) is 13.3 Å². The van der Waals surface area contributed by atoms with Crippen LogP contribution in [0.4, 0.5) is 0 Å². The summed E-state index contributed by atoms with van der Waals surface area (Å²) in [7, 11) is 1.58. The summed E-state index contributed by atoms with van der Waals surface area (Å²) in [6, 6.07) is 24.8. The van der Waals surface area contributed by atoms with Crippen LogP contribution in [0.5, 0.6) is 17.2 Å². The molecule has 43 heavy (non-hydrogen) atoms. The van der Waals surface area contributed by atoms with Crippen LogP contribution < -0.4 is 25.0 Å². The van der Waals surface area contributed by atoms with Gasteiger partial charge in [0.15, 0.2) is 18.1 Å². The Labute approximate surface area is 253 Å². The molecule has 0 spiro atoms. The summed E-state index contributed by atoms with van der Waals surface area (Å²) in [6.07, 6.45) is 1.97. The number of hydrogen-bond donors (Lipinski definition) is 2. The number of carbonyl (C=O) groups is 2. The van der Waals surface area contributed by atoms with E-state index < -0.39 is 11.9 Å². The predicted octanol–water partition coefficient (Wildman–Crippen LogP) is 6.10. The van der Waals surface area contributed by atoms with E-state index in [1.165, 1.54) is 6.21 Å². The molecule has 0 bridgehead atoms. The summed E-state index contributed by atoms with van der Waals surface area (Å²) in [5.74, 6) is 1.20. The summed E-state index contributed by atoms with van der Waals surface area (Å²) in [5.41, 5.74) is 6.23. The summed E-state index contributed by atoms with van der Waals surface area (Å²) in [4.78, 5) is 25.6. The summed E-state index contributed by atoms with van der Waals surface area (Å²) >= 11 is 0. The van der Waals surface area contributed by atoms with Gasteiger partial charge in [-0.1, -0.05) is 74.5 Å². The number of benzene rings is 4. The molecule has 0 radical (unpaired) electrons. The van der Waals surface area contributed by atoms with Gasteiger partial charge < -0.3 is 19.5 Å². The van der Waals surface area contributed by atoms with Gasteiger partial charge in [-0.15, -0.1) is 0 Å². The van der Waals surface area contributed by atoms with Crippen molar-refractivity contribution in [2.45, 2.75) is 46.8 Å². The highest BCUT2D eigenvalue weighted by molar-refractivity contribution is 5.89. The van der Waals surface area contributed by atoms with Crippen LogP contribution in [0.3, 0.4) is 0 Å². The smallest absolute Gasteiger partial charge is 0.262 e. The SMILES string of the molecule is COc1cc(/C=N\NC(=O)[C@@H](CC(C)C)NC(=O)COc2c(C)cccc2C)ccc1OCc1cccc2ccccc12. The molecular formula is C35H39N3O5. The first-order valence-corrected chi connectivity index (χ1v) is 14.3. The Bertz CT molecular complexity index is 1570. The lowest BCUT2D eigenvalue weighted by atomic mass is 10.0. The summed E-state index contributed by atoms with van der Waals surface area (Å²) in [5, 5.41) is 9.21. The average Bonchev–Trinajstić information content (AvgIpc) is 2.99. The standard InChI is InChI=1S/C35H39N3O5/c1-23(2)18-30(37-33(39)22-43-34-24(3)10-8-11-25(34)4)35(40)38-36-20-26-16-17-31(32(19-26)41-5)42-21-28-14-9-13-27-12-6-7-15-29(27)28/h6-17,19-20,23,30H,18,21-22H2,1-5H3,(H,37,39)(H,38,40)/b36-20-/t30-/m1/s1. The molecule has 0 aliphatic heterocycles. The second-order valence-corrected chi connectivity index (χ2v) is 10.8. The Kier molecular flexibility index (Phi) is 10.7. The van der Waals surface area contributed by atoms with Crippen LogP contribution in [0.15, 0.2) is 84.0 Å². The number of aryl methyl sites for hydroxylation is 2. The zero-order chi connectivity index (χ0) is 30.8. The van der Waals surface area contributed by atoms with Crippen LogP contribution in [0.1, 0.15) is 42.5 Å². The molecule has 0 aliphatic rings. The Morgan fingerprint density at radius 3 is 2.35 bits per heavy atom. The molecule has 4 rings (SSSR count). The number of rotatable bonds is 13. The van der Waals surface area contributed by atoms with Gasteiger partial charge in [-0.25, -0.2) is 5.43 Å². The van der Waals surface area contributed by atoms with Crippen LogP contribution in [0, 0.1) is 19.8 Å². The maximum atomic E-state index is 13.0. The molecule has 1 atom stereocenters. The Morgan fingerprint density at radius 1 is 0.884 bits per heavy atom. The van der Waals surface area contributed by atoms with E-state index >= 15 is 0 Å². The predicted molar refractivity (Wildman–Crippen MR) is 170 cm³/mol. The Morgan fingerprint density at radius 2 is 1.60 bits per heavy atom. The second kappa shape index (κ2) is 14.9. The Balaban J connectivity index is 1.35. The molecule has 8 nitrogen and oxygen atoms in total. The van der Waals surface area contributed by atoms with Crippen molar-refractivity contribution < 1.29 is 23.8 Å². The lowest BCUT2D eigenvalue weighted by Gasteiger charge is -2.19. The van der Waals surface area contributed by atoms with Crippen LogP contribution in [0.25, 0.3) is 10.8 Å². The zero-order valence-electron chi connectivity index (χ0n) is 25.3. The van der Waals surface area contributed by atoms with Crippen LogP contribution in [0.2, 0.25) is 0 Å². The van der Waals surface area contributed by atoms with Gasteiger partial charge in [-0.2, -0.15) is 5.10 Å². The van der Waals surface area contributed by atoms with Crippen molar-refractivity contribution in [2.24, 2.45) is 11.0 Å². The number of para-hydroxylation sites is 1. The van der Waals surface area contributed by atoms with E-state index in [4.69, 9.17) is 14.2 Å². The minimum Gasteiger partial charge on any atom is -0.493 e. The van der Waals surface area contributed by atoms with Crippen molar-refractivity contribution in [1.82, 2.24) is 10.7 Å². The third kappa shape index (κ3) is 8.58. The van der Waals surface area contributed by atoms with Gasteiger partial charge in [0, 0.05) is 0 Å². The lowest BCUT2D eigenvalue weighted by Crippen LogP contribution is -2.47. The van der Waals surface area contributed by atoms with E-state index in [0.717, 1.165) is 27.5 Å². The van der Waals surface area contributed by atoms with Gasteiger partial charge >= 0.3 is 0 Å². The molecule has 0 saturated carbocycles. The van der Waals surface area contributed by atoms with E-state index in [9.17, 15) is 9.59 Å². The monoisotopic (exact) mass is 581 g/mol. The van der Waals surface area contributed by atoms with Crippen LogP contribution in [-0.4, -0.2) is 37.8 Å². The lowest BCUT2D eigenvalue weighted by molar-refractivity contribution is -0.130. The van der Waals surface area contributed by atoms with Gasteiger partial charge in [-0.3, -0.25) is 9.59 Å². The molecule has 0 heterocycles. The van der Waals surface area contributed by atoms with Crippen molar-refractivity contribution in [3.05, 3.63) is 101 Å². The van der Waals surface area contributed by atoms with Crippen molar-refractivity contribution >= 4 is 28.8 Å². The van der Waals surface area contributed by atoms with Crippen molar-refractivity contribution in [2.75, 3.05) is 13.7 Å². The summed E-state index contributed by atoms with van der Waals surface area (Å²) in [6.45, 7) is 8.02. The molecule has 0 saturated heterocycles. The molecule has 0 aliphatic carbocycles. The molecule has 8 heteroatoms. The van der Waals surface area contributed by atoms with Crippen molar-refractivity contribution in [3.63, 3.8) is 0 Å². The van der Waals surface area contributed by atoms with Crippen molar-refractivity contribution in [1.29, 1.82) is 0 Å². The number of nitrogens with zero attached hydrogens (tertiary/aromatic N) is 1. The van der Waals surface area contributed by atoms with E-state index in [1.54, 1.807) is 13.2 Å². The largest absolute Gasteiger partial charge is 0.493 e. The van der Waals surface area contributed by atoms with E-state index in [2.05, 4.69) is 34.0 Å². The third-order valence-corrected chi connectivity index (χ3v) is 6.95. The highest BCUT2D eigenvalue weighted by Crippen LogP contribution is 2.29. The molecule has 4 aromatic carbocycles. The number of ether oxygens (including phenoxy) is 3. The van der Waals surface area contributed by atoms with E-state index in [1.807, 2.05) is 82.3 Å². The van der Waals surface area contributed by atoms with Crippen molar-refractivity contribution in [3.8, 4) is 17.2 Å².